The summed E-state index contributed by atoms with van der Waals surface area (Å²) in [5.74, 6) is 0.373. The van der Waals surface area contributed by atoms with Crippen molar-refractivity contribution in [2.24, 2.45) is 0 Å². The molecule has 0 saturated carbocycles. The molecule has 1 aliphatic rings. The van der Waals surface area contributed by atoms with Crippen molar-refractivity contribution in [1.29, 1.82) is 0 Å². The van der Waals surface area contributed by atoms with Gasteiger partial charge in [-0.1, -0.05) is 30.3 Å². The van der Waals surface area contributed by atoms with Gasteiger partial charge in [0.05, 0.1) is 0 Å². The molecule has 1 fully saturated rings. The number of rotatable bonds is 1. The molecule has 2 N–H and O–H groups in total. The summed E-state index contributed by atoms with van der Waals surface area (Å²) in [6.07, 6.45) is 2.43. The number of hydrogen-bond donors (Lipinski definition) is 2. The number of hydrogen-bond acceptors (Lipinski definition) is 2. The van der Waals surface area contributed by atoms with E-state index in [0.717, 1.165) is 11.9 Å². The number of phenolic OH excluding ortho intramolecular Hbond substituents is 1. The second-order valence-corrected chi connectivity index (χ2v) is 4.37. The Morgan fingerprint density at radius 1 is 1.06 bits per heavy atom. The molecule has 0 bridgehead atoms. The maximum atomic E-state index is 9.82. The SMILES string of the molecule is Oc1ccc([C@@H]2CCCN2)c2ccccc12. The van der Waals surface area contributed by atoms with Gasteiger partial charge in [0.1, 0.15) is 5.75 Å². The minimum absolute atomic E-state index is 0.373. The molecule has 1 aliphatic heterocycles. The Labute approximate surface area is 94.9 Å². The molecule has 1 heterocycles. The average Bonchev–Trinajstić information content (AvgIpc) is 2.83. The zero-order chi connectivity index (χ0) is 11.0. The average molecular weight is 213 g/mol. The number of phenols is 1. The van der Waals surface area contributed by atoms with Crippen LogP contribution in [0.25, 0.3) is 10.8 Å². The van der Waals surface area contributed by atoms with Gasteiger partial charge in [-0.2, -0.15) is 0 Å². The smallest absolute Gasteiger partial charge is 0.123 e. The molecule has 0 unspecified atom stereocenters. The van der Waals surface area contributed by atoms with E-state index in [2.05, 4.69) is 11.4 Å². The van der Waals surface area contributed by atoms with Crippen LogP contribution in [0.3, 0.4) is 0 Å². The molecule has 2 heteroatoms. The fourth-order valence-electron chi connectivity index (χ4n) is 2.56. The van der Waals surface area contributed by atoms with Gasteiger partial charge in [0.25, 0.3) is 0 Å². The lowest BCUT2D eigenvalue weighted by atomic mass is 9.97. The third-order valence-electron chi connectivity index (χ3n) is 3.37. The molecule has 82 valence electrons. The summed E-state index contributed by atoms with van der Waals surface area (Å²) < 4.78 is 0. The van der Waals surface area contributed by atoms with Crippen LogP contribution in [0.1, 0.15) is 24.4 Å². The molecule has 0 radical (unpaired) electrons. The van der Waals surface area contributed by atoms with Gasteiger partial charge in [-0.3, -0.25) is 0 Å². The van der Waals surface area contributed by atoms with Crippen LogP contribution in [0.15, 0.2) is 36.4 Å². The number of nitrogens with one attached hydrogen (secondary N) is 1. The predicted molar refractivity (Wildman–Crippen MR) is 65.6 cm³/mol. The molecule has 2 aromatic carbocycles. The lowest BCUT2D eigenvalue weighted by Gasteiger charge is -2.14. The molecule has 0 amide bonds. The molecular weight excluding hydrogens is 198 g/mol. The molecule has 3 rings (SSSR count). The van der Waals surface area contributed by atoms with Gasteiger partial charge in [0, 0.05) is 11.4 Å². The van der Waals surface area contributed by atoms with Gasteiger partial charge in [0.2, 0.25) is 0 Å². The highest BCUT2D eigenvalue weighted by atomic mass is 16.3. The second kappa shape index (κ2) is 3.80. The highest BCUT2D eigenvalue weighted by molar-refractivity contribution is 5.91. The van der Waals surface area contributed by atoms with Crippen LogP contribution in [0, 0.1) is 0 Å². The van der Waals surface area contributed by atoms with Crippen molar-refractivity contribution >= 4 is 10.8 Å². The highest BCUT2D eigenvalue weighted by Crippen LogP contribution is 2.33. The molecule has 1 atom stereocenters. The minimum atomic E-state index is 0.373. The van der Waals surface area contributed by atoms with E-state index in [9.17, 15) is 5.11 Å². The van der Waals surface area contributed by atoms with Crippen LogP contribution < -0.4 is 5.32 Å². The third-order valence-corrected chi connectivity index (χ3v) is 3.37. The number of fused-ring (bicyclic) bond motifs is 1. The zero-order valence-electron chi connectivity index (χ0n) is 9.11. The van der Waals surface area contributed by atoms with E-state index < -0.39 is 0 Å². The van der Waals surface area contributed by atoms with Crippen molar-refractivity contribution in [3.05, 3.63) is 42.0 Å². The fraction of sp³-hybridized carbons (Fsp3) is 0.286. The first-order valence-corrected chi connectivity index (χ1v) is 5.80. The molecule has 0 spiro atoms. The predicted octanol–water partition coefficient (Wildman–Crippen LogP) is 2.97. The second-order valence-electron chi connectivity index (χ2n) is 4.37. The lowest BCUT2D eigenvalue weighted by Crippen LogP contribution is -2.13. The monoisotopic (exact) mass is 213 g/mol. The molecule has 2 nitrogen and oxygen atoms in total. The first-order chi connectivity index (χ1) is 7.86. The normalized spacial score (nSPS) is 20.4. The number of benzene rings is 2. The highest BCUT2D eigenvalue weighted by Gasteiger charge is 2.18. The van der Waals surface area contributed by atoms with Gasteiger partial charge in [-0.15, -0.1) is 0 Å². The summed E-state index contributed by atoms with van der Waals surface area (Å²) in [6.45, 7) is 1.10. The van der Waals surface area contributed by atoms with E-state index in [1.165, 1.54) is 23.8 Å². The molecule has 0 aliphatic carbocycles. The summed E-state index contributed by atoms with van der Waals surface area (Å²) in [5, 5.41) is 15.4. The molecule has 0 aromatic heterocycles. The van der Waals surface area contributed by atoms with Crippen molar-refractivity contribution in [1.82, 2.24) is 5.32 Å². The van der Waals surface area contributed by atoms with Crippen LogP contribution in [-0.4, -0.2) is 11.7 Å². The first kappa shape index (κ1) is 9.67. The topological polar surface area (TPSA) is 32.3 Å². The Morgan fingerprint density at radius 2 is 1.88 bits per heavy atom. The maximum Gasteiger partial charge on any atom is 0.123 e. The quantitative estimate of drug-likeness (QED) is 0.763. The van der Waals surface area contributed by atoms with Gasteiger partial charge in [-0.25, -0.2) is 0 Å². The van der Waals surface area contributed by atoms with E-state index in [1.54, 1.807) is 6.07 Å². The van der Waals surface area contributed by atoms with Crippen LogP contribution in [0.4, 0.5) is 0 Å². The minimum Gasteiger partial charge on any atom is -0.507 e. The van der Waals surface area contributed by atoms with Gasteiger partial charge < -0.3 is 10.4 Å². The zero-order valence-corrected chi connectivity index (χ0v) is 9.11. The Kier molecular flexibility index (Phi) is 2.29. The Bertz CT molecular complexity index is 515. The molecule has 1 saturated heterocycles. The van der Waals surface area contributed by atoms with E-state index in [-0.39, 0.29) is 0 Å². The van der Waals surface area contributed by atoms with Crippen LogP contribution in [0.2, 0.25) is 0 Å². The third kappa shape index (κ3) is 1.46. The van der Waals surface area contributed by atoms with Crippen molar-refractivity contribution in [3.8, 4) is 5.75 Å². The standard InChI is InChI=1S/C14H15NO/c16-14-8-7-11(13-6-3-9-15-13)10-4-1-2-5-12(10)14/h1-2,4-5,7-8,13,15-16H,3,6,9H2/t13-/m0/s1. The van der Waals surface area contributed by atoms with Gasteiger partial charge in [-0.05, 0) is 36.4 Å². The summed E-state index contributed by atoms with van der Waals surface area (Å²) in [4.78, 5) is 0. The summed E-state index contributed by atoms with van der Waals surface area (Å²) in [5.41, 5.74) is 1.31. The molecule has 2 aromatic rings. The summed E-state index contributed by atoms with van der Waals surface area (Å²) in [6, 6.07) is 12.4. The van der Waals surface area contributed by atoms with Crippen LogP contribution >= 0.6 is 0 Å². The molecule has 16 heavy (non-hydrogen) atoms. The Hall–Kier alpha value is -1.54. The first-order valence-electron chi connectivity index (χ1n) is 5.80. The van der Waals surface area contributed by atoms with Crippen LogP contribution in [-0.2, 0) is 0 Å². The fourth-order valence-corrected chi connectivity index (χ4v) is 2.56. The van der Waals surface area contributed by atoms with Crippen molar-refractivity contribution in [3.63, 3.8) is 0 Å². The van der Waals surface area contributed by atoms with Crippen LogP contribution in [0.5, 0.6) is 5.75 Å². The summed E-state index contributed by atoms with van der Waals surface area (Å²) in [7, 11) is 0. The maximum absolute atomic E-state index is 9.82. The van der Waals surface area contributed by atoms with Gasteiger partial charge >= 0.3 is 0 Å². The van der Waals surface area contributed by atoms with E-state index in [4.69, 9.17) is 0 Å². The summed E-state index contributed by atoms with van der Waals surface area (Å²) >= 11 is 0. The van der Waals surface area contributed by atoms with Crippen molar-refractivity contribution in [2.45, 2.75) is 18.9 Å². The largest absolute Gasteiger partial charge is 0.507 e. The van der Waals surface area contributed by atoms with Crippen molar-refractivity contribution in [2.75, 3.05) is 6.54 Å². The van der Waals surface area contributed by atoms with E-state index in [1.807, 2.05) is 24.3 Å². The number of aromatic hydroxyl groups is 1. The van der Waals surface area contributed by atoms with Gasteiger partial charge in [0.15, 0.2) is 0 Å². The van der Waals surface area contributed by atoms with E-state index in [0.29, 0.717) is 11.8 Å². The van der Waals surface area contributed by atoms with Crippen molar-refractivity contribution < 1.29 is 5.11 Å². The molecular formula is C14H15NO. The lowest BCUT2D eigenvalue weighted by molar-refractivity contribution is 0.481. The Balaban J connectivity index is 2.21. The Morgan fingerprint density at radius 3 is 2.62 bits per heavy atom. The van der Waals surface area contributed by atoms with E-state index >= 15 is 0 Å².